The summed E-state index contributed by atoms with van der Waals surface area (Å²) >= 11 is 7.95. The van der Waals surface area contributed by atoms with E-state index in [4.69, 9.17) is 16.6 Å². The minimum Gasteiger partial charge on any atom is -0.366 e. The Balaban J connectivity index is 2.34. The fraction of sp³-hybridized carbons (Fsp3) is 0.714. The van der Waals surface area contributed by atoms with E-state index in [-0.39, 0.29) is 0 Å². The molecule has 1 aromatic rings. The second-order valence-electron chi connectivity index (χ2n) is 5.40. The Kier molecular flexibility index (Phi) is 5.96. The maximum Gasteiger partial charge on any atom is 0.229 e. The van der Waals surface area contributed by atoms with E-state index in [9.17, 15) is 0 Å². The normalized spacial score (nSPS) is 20.4. The van der Waals surface area contributed by atoms with Gasteiger partial charge in [-0.25, -0.2) is 0 Å². The number of aromatic nitrogens is 2. The lowest BCUT2D eigenvalue weighted by Crippen LogP contribution is -2.50. The summed E-state index contributed by atoms with van der Waals surface area (Å²) in [6.45, 7) is 9.27. The third kappa shape index (κ3) is 3.93. The van der Waals surface area contributed by atoms with Crippen molar-refractivity contribution < 1.29 is 0 Å². The minimum atomic E-state index is 0.357. The third-order valence-electron chi connectivity index (χ3n) is 3.77. The maximum atomic E-state index is 6.37. The zero-order valence-corrected chi connectivity index (χ0v) is 14.7. The molecule has 2 atom stereocenters. The molecule has 0 saturated carbocycles. The molecule has 1 aromatic heterocycles. The van der Waals surface area contributed by atoms with Crippen molar-refractivity contribution in [2.24, 2.45) is 0 Å². The fourth-order valence-electron chi connectivity index (χ4n) is 2.29. The summed E-state index contributed by atoms with van der Waals surface area (Å²) in [6, 6.07) is 0.724. The molecule has 5 nitrogen and oxygen atoms in total. The van der Waals surface area contributed by atoms with E-state index in [1.54, 1.807) is 11.8 Å². The van der Waals surface area contributed by atoms with Crippen LogP contribution in [-0.2, 0) is 0 Å². The highest BCUT2D eigenvalue weighted by molar-refractivity contribution is 7.98. The summed E-state index contributed by atoms with van der Waals surface area (Å²) in [5.41, 5.74) is 0. The van der Waals surface area contributed by atoms with Gasteiger partial charge in [-0.15, -0.1) is 11.8 Å². The monoisotopic (exact) mass is 329 g/mol. The van der Waals surface area contributed by atoms with Crippen LogP contribution in [0.4, 0.5) is 11.8 Å². The average Bonchev–Trinajstić information content (AvgIpc) is 2.47. The van der Waals surface area contributed by atoms with Crippen molar-refractivity contribution in [3.8, 4) is 0 Å². The van der Waals surface area contributed by atoms with Gasteiger partial charge in [0.25, 0.3) is 0 Å². The zero-order chi connectivity index (χ0) is 15.4. The SMILES string of the molecule is CCC(C)Nc1nc(N2CCNCC2C)nc(Cl)c1SC. The highest BCUT2D eigenvalue weighted by atomic mass is 35.5. The molecule has 0 aliphatic carbocycles. The van der Waals surface area contributed by atoms with Gasteiger partial charge in [0.1, 0.15) is 11.0 Å². The molecule has 1 aliphatic rings. The summed E-state index contributed by atoms with van der Waals surface area (Å²) in [5, 5.41) is 7.36. The number of hydrogen-bond donors (Lipinski definition) is 2. The Morgan fingerprint density at radius 2 is 2.29 bits per heavy atom. The summed E-state index contributed by atoms with van der Waals surface area (Å²) in [6.07, 6.45) is 3.04. The Bertz CT molecular complexity index is 485. The van der Waals surface area contributed by atoms with Gasteiger partial charge < -0.3 is 15.5 Å². The molecular weight excluding hydrogens is 306 g/mol. The van der Waals surface area contributed by atoms with Crippen molar-refractivity contribution in [3.63, 3.8) is 0 Å². The highest BCUT2D eigenvalue weighted by Crippen LogP contribution is 2.33. The quantitative estimate of drug-likeness (QED) is 0.640. The van der Waals surface area contributed by atoms with Crippen LogP contribution in [-0.4, -0.2) is 47.9 Å². The lowest BCUT2D eigenvalue weighted by atomic mass is 10.2. The first kappa shape index (κ1) is 16.6. The first-order valence-electron chi connectivity index (χ1n) is 7.42. The van der Waals surface area contributed by atoms with Crippen LogP contribution in [0.2, 0.25) is 5.15 Å². The number of thioether (sulfide) groups is 1. The molecule has 118 valence electrons. The van der Waals surface area contributed by atoms with Crippen LogP contribution in [0, 0.1) is 0 Å². The average molecular weight is 330 g/mol. The van der Waals surface area contributed by atoms with Crippen molar-refractivity contribution in [2.75, 3.05) is 36.1 Å². The Labute approximate surface area is 136 Å². The molecule has 2 rings (SSSR count). The van der Waals surface area contributed by atoms with Gasteiger partial charge in [-0.2, -0.15) is 9.97 Å². The van der Waals surface area contributed by atoms with Crippen LogP contribution in [0.1, 0.15) is 27.2 Å². The van der Waals surface area contributed by atoms with Crippen LogP contribution in [0.3, 0.4) is 0 Å². The van der Waals surface area contributed by atoms with Crippen molar-refractivity contribution >= 4 is 35.1 Å². The largest absolute Gasteiger partial charge is 0.366 e. The predicted molar refractivity (Wildman–Crippen MR) is 91.9 cm³/mol. The summed E-state index contributed by atoms with van der Waals surface area (Å²) < 4.78 is 0. The smallest absolute Gasteiger partial charge is 0.229 e. The van der Waals surface area contributed by atoms with Crippen LogP contribution < -0.4 is 15.5 Å². The number of anilines is 2. The standard InChI is InChI=1S/C14H24ClN5S/c1-5-9(2)17-13-11(21-4)12(15)18-14(19-13)20-7-6-16-8-10(20)3/h9-10,16H,5-8H2,1-4H3,(H,17,18,19). The first-order chi connectivity index (χ1) is 10.1. The molecule has 0 radical (unpaired) electrons. The molecule has 0 amide bonds. The molecule has 7 heteroatoms. The number of halogens is 1. The van der Waals surface area contributed by atoms with Gasteiger partial charge in [0.05, 0.1) is 4.90 Å². The van der Waals surface area contributed by atoms with E-state index in [1.165, 1.54) is 0 Å². The second kappa shape index (κ2) is 7.51. The molecule has 0 aromatic carbocycles. The number of hydrogen-bond acceptors (Lipinski definition) is 6. The molecular formula is C14H24ClN5S. The van der Waals surface area contributed by atoms with Crippen LogP contribution >= 0.6 is 23.4 Å². The fourth-order valence-corrected chi connectivity index (χ4v) is 3.20. The molecule has 2 unspecified atom stereocenters. The molecule has 1 saturated heterocycles. The van der Waals surface area contributed by atoms with Gasteiger partial charge in [-0.1, -0.05) is 18.5 Å². The van der Waals surface area contributed by atoms with E-state index in [2.05, 4.69) is 41.3 Å². The van der Waals surface area contributed by atoms with E-state index >= 15 is 0 Å². The van der Waals surface area contributed by atoms with Gasteiger partial charge in [-0.3, -0.25) is 0 Å². The molecule has 1 aliphatic heterocycles. The van der Waals surface area contributed by atoms with Crippen LogP contribution in [0.25, 0.3) is 0 Å². The maximum absolute atomic E-state index is 6.37. The molecule has 0 spiro atoms. The summed E-state index contributed by atoms with van der Waals surface area (Å²) in [7, 11) is 0. The van der Waals surface area contributed by atoms with E-state index in [0.717, 1.165) is 42.7 Å². The minimum absolute atomic E-state index is 0.357. The highest BCUT2D eigenvalue weighted by Gasteiger charge is 2.23. The second-order valence-corrected chi connectivity index (χ2v) is 6.57. The summed E-state index contributed by atoms with van der Waals surface area (Å²) in [5.74, 6) is 1.56. The number of rotatable bonds is 5. The van der Waals surface area contributed by atoms with Gasteiger partial charge >= 0.3 is 0 Å². The zero-order valence-electron chi connectivity index (χ0n) is 13.1. The van der Waals surface area contributed by atoms with Crippen molar-refractivity contribution in [2.45, 2.75) is 44.2 Å². The van der Waals surface area contributed by atoms with Gasteiger partial charge in [-0.05, 0) is 26.5 Å². The van der Waals surface area contributed by atoms with E-state index in [1.807, 2.05) is 6.26 Å². The predicted octanol–water partition coefficient (Wildman–Crippen LogP) is 2.86. The number of piperazine rings is 1. The number of nitrogens with zero attached hydrogens (tertiary/aromatic N) is 3. The Hall–Kier alpha value is -0.720. The van der Waals surface area contributed by atoms with Crippen LogP contribution in [0.5, 0.6) is 0 Å². The van der Waals surface area contributed by atoms with Crippen LogP contribution in [0.15, 0.2) is 4.90 Å². The number of nitrogens with one attached hydrogen (secondary N) is 2. The molecule has 2 heterocycles. The van der Waals surface area contributed by atoms with Gasteiger partial charge in [0.15, 0.2) is 0 Å². The Morgan fingerprint density at radius 1 is 1.52 bits per heavy atom. The van der Waals surface area contributed by atoms with E-state index < -0.39 is 0 Å². The summed E-state index contributed by atoms with van der Waals surface area (Å²) in [4.78, 5) is 12.4. The molecule has 0 bridgehead atoms. The van der Waals surface area contributed by atoms with Gasteiger partial charge in [0.2, 0.25) is 5.95 Å². The third-order valence-corrected chi connectivity index (χ3v) is 4.95. The Morgan fingerprint density at radius 3 is 2.90 bits per heavy atom. The van der Waals surface area contributed by atoms with Crippen molar-refractivity contribution in [3.05, 3.63) is 5.15 Å². The first-order valence-corrected chi connectivity index (χ1v) is 9.02. The van der Waals surface area contributed by atoms with E-state index in [0.29, 0.717) is 17.2 Å². The van der Waals surface area contributed by atoms with Crippen molar-refractivity contribution in [1.29, 1.82) is 0 Å². The lowest BCUT2D eigenvalue weighted by molar-refractivity contribution is 0.492. The van der Waals surface area contributed by atoms with Crippen molar-refractivity contribution in [1.82, 2.24) is 15.3 Å². The lowest BCUT2D eigenvalue weighted by Gasteiger charge is -2.34. The molecule has 1 fully saturated rings. The van der Waals surface area contributed by atoms with Gasteiger partial charge in [0, 0.05) is 31.7 Å². The molecule has 2 N–H and O–H groups in total. The molecule has 21 heavy (non-hydrogen) atoms. The topological polar surface area (TPSA) is 53.1 Å².